The van der Waals surface area contributed by atoms with E-state index in [1.165, 1.54) is 12.1 Å². The van der Waals surface area contributed by atoms with Crippen molar-refractivity contribution in [3.05, 3.63) is 54.3 Å². The van der Waals surface area contributed by atoms with Gasteiger partial charge in [0.25, 0.3) is 0 Å². The molecule has 2 aromatic rings. The first kappa shape index (κ1) is 14.0. The predicted octanol–water partition coefficient (Wildman–Crippen LogP) is 1.39. The monoisotopic (exact) mass is 339 g/mol. The molecule has 0 amide bonds. The maximum atomic E-state index is 12.8. The minimum atomic E-state index is -3.67. The van der Waals surface area contributed by atoms with Gasteiger partial charge in [0, 0.05) is 0 Å². The van der Waals surface area contributed by atoms with Gasteiger partial charge >= 0.3 is 117 Å². The standard InChI is InChI=1S/C13H11AsFNO2S/c1-14-10-2-6-12(7-3-10)16-19(17,18)13-8-4-11(15)5-9-13/h2-9,16H,1H2. The van der Waals surface area contributed by atoms with Gasteiger partial charge in [-0.25, -0.2) is 0 Å². The number of hydrogen-bond acceptors (Lipinski definition) is 2. The summed E-state index contributed by atoms with van der Waals surface area (Å²) in [7, 11) is -3.67. The Morgan fingerprint density at radius 2 is 1.58 bits per heavy atom. The van der Waals surface area contributed by atoms with E-state index in [1.807, 2.05) is 12.1 Å². The number of nitrogens with one attached hydrogen (secondary N) is 1. The third kappa shape index (κ3) is 3.52. The van der Waals surface area contributed by atoms with Gasteiger partial charge in [-0.1, -0.05) is 0 Å². The van der Waals surface area contributed by atoms with Gasteiger partial charge in [0.2, 0.25) is 0 Å². The molecule has 2 rings (SSSR count). The molecule has 0 radical (unpaired) electrons. The molecule has 6 heteroatoms. The molecule has 0 heterocycles. The fourth-order valence-corrected chi connectivity index (χ4v) is 3.28. The summed E-state index contributed by atoms with van der Waals surface area (Å²) in [5.74, 6) is -0.470. The normalized spacial score (nSPS) is 11.4. The van der Waals surface area contributed by atoms with E-state index in [9.17, 15) is 12.8 Å². The zero-order valence-electron chi connectivity index (χ0n) is 9.88. The van der Waals surface area contributed by atoms with Crippen molar-refractivity contribution in [2.75, 3.05) is 4.72 Å². The number of halogens is 1. The predicted molar refractivity (Wildman–Crippen MR) is 76.2 cm³/mol. The minimum absolute atomic E-state index is 0.0291. The number of hydrogen-bond donors (Lipinski definition) is 1. The molecular weight excluding hydrogens is 328 g/mol. The summed E-state index contributed by atoms with van der Waals surface area (Å²) in [6.07, 6.45) is 0. The number of sulfonamides is 1. The summed E-state index contributed by atoms with van der Waals surface area (Å²) in [5.41, 5.74) is 0.475. The van der Waals surface area contributed by atoms with Gasteiger partial charge in [0.1, 0.15) is 0 Å². The Morgan fingerprint density at radius 3 is 2.11 bits per heavy atom. The van der Waals surface area contributed by atoms with Crippen molar-refractivity contribution < 1.29 is 12.8 Å². The van der Waals surface area contributed by atoms with Gasteiger partial charge in [0.05, 0.1) is 0 Å². The number of rotatable bonds is 4. The average Bonchev–Trinajstić information content (AvgIpc) is 2.40. The topological polar surface area (TPSA) is 46.2 Å². The summed E-state index contributed by atoms with van der Waals surface area (Å²) in [6.45, 7) is 0. The summed E-state index contributed by atoms with van der Waals surface area (Å²) < 4.78 is 40.4. The van der Waals surface area contributed by atoms with Crippen LogP contribution in [0.2, 0.25) is 0 Å². The molecule has 2 aromatic carbocycles. The Morgan fingerprint density at radius 1 is 1.00 bits per heavy atom. The van der Waals surface area contributed by atoms with Crippen LogP contribution in [0.1, 0.15) is 0 Å². The van der Waals surface area contributed by atoms with E-state index in [0.717, 1.165) is 16.5 Å². The molecule has 98 valence electrons. The molecule has 0 aromatic heterocycles. The van der Waals surface area contributed by atoms with Crippen molar-refractivity contribution in [2.45, 2.75) is 4.90 Å². The van der Waals surface area contributed by atoms with Crippen molar-refractivity contribution in [1.82, 2.24) is 0 Å². The summed E-state index contributed by atoms with van der Waals surface area (Å²) >= 11 is -0.122. The van der Waals surface area contributed by atoms with Gasteiger partial charge in [0.15, 0.2) is 0 Å². The maximum absolute atomic E-state index is 12.8. The molecule has 19 heavy (non-hydrogen) atoms. The van der Waals surface area contributed by atoms with Crippen LogP contribution in [0.15, 0.2) is 53.4 Å². The van der Waals surface area contributed by atoms with Crippen molar-refractivity contribution in [3.8, 4) is 0 Å². The summed E-state index contributed by atoms with van der Waals surface area (Å²) in [6, 6.07) is 11.8. The molecular formula is C13H11AsFNO2S. The Bertz CT molecular complexity index is 682. The van der Waals surface area contributed by atoms with Crippen molar-refractivity contribution in [3.63, 3.8) is 0 Å². The molecule has 0 unspecified atom stereocenters. The van der Waals surface area contributed by atoms with Crippen molar-refractivity contribution in [1.29, 1.82) is 0 Å². The quantitative estimate of drug-likeness (QED) is 0.856. The van der Waals surface area contributed by atoms with Gasteiger partial charge in [-0.15, -0.1) is 0 Å². The zero-order chi connectivity index (χ0) is 13.9. The second-order valence-electron chi connectivity index (χ2n) is 3.76. The molecule has 0 aliphatic rings. The molecule has 0 spiro atoms. The molecule has 1 N–H and O–H groups in total. The van der Waals surface area contributed by atoms with Gasteiger partial charge in [-0.2, -0.15) is 0 Å². The Hall–Kier alpha value is -1.45. The van der Waals surface area contributed by atoms with Crippen LogP contribution in [0.25, 0.3) is 0 Å². The van der Waals surface area contributed by atoms with Crippen LogP contribution < -0.4 is 9.07 Å². The van der Waals surface area contributed by atoms with E-state index in [0.29, 0.717) is 5.69 Å². The third-order valence-electron chi connectivity index (χ3n) is 2.43. The molecule has 0 bridgehead atoms. The van der Waals surface area contributed by atoms with E-state index in [4.69, 9.17) is 0 Å². The first-order valence-electron chi connectivity index (χ1n) is 5.36. The Balaban J connectivity index is 2.25. The van der Waals surface area contributed by atoms with E-state index in [-0.39, 0.29) is 20.2 Å². The molecule has 0 aliphatic carbocycles. The molecule has 3 nitrogen and oxygen atoms in total. The van der Waals surface area contributed by atoms with Crippen LogP contribution in [-0.2, 0) is 10.0 Å². The molecule has 0 atom stereocenters. The van der Waals surface area contributed by atoms with E-state index in [1.54, 1.807) is 12.1 Å². The molecule has 0 fully saturated rings. The van der Waals surface area contributed by atoms with E-state index in [2.05, 4.69) is 10.0 Å². The van der Waals surface area contributed by atoms with Crippen molar-refractivity contribution >= 4 is 40.7 Å². The van der Waals surface area contributed by atoms with Gasteiger partial charge in [-0.3, -0.25) is 0 Å². The van der Waals surface area contributed by atoms with Gasteiger partial charge < -0.3 is 0 Å². The van der Waals surface area contributed by atoms with Crippen LogP contribution in [0, 0.1) is 5.82 Å². The van der Waals surface area contributed by atoms with Crippen LogP contribution in [0.3, 0.4) is 0 Å². The summed E-state index contributed by atoms with van der Waals surface area (Å²) in [5, 5.41) is 3.84. The average molecular weight is 339 g/mol. The van der Waals surface area contributed by atoms with Crippen LogP contribution in [0.5, 0.6) is 0 Å². The summed E-state index contributed by atoms with van der Waals surface area (Å²) in [4.78, 5) is 0.0291. The van der Waals surface area contributed by atoms with Crippen molar-refractivity contribution in [2.24, 2.45) is 0 Å². The first-order chi connectivity index (χ1) is 9.01. The molecule has 0 aliphatic heterocycles. The molecule has 0 saturated carbocycles. The van der Waals surface area contributed by atoms with Gasteiger partial charge in [-0.05, 0) is 0 Å². The fourth-order valence-electron chi connectivity index (χ4n) is 1.46. The van der Waals surface area contributed by atoms with E-state index < -0.39 is 15.8 Å². The Kier molecular flexibility index (Phi) is 4.17. The first-order valence-corrected chi connectivity index (χ1v) is 9.11. The second-order valence-corrected chi connectivity index (χ2v) is 7.19. The molecule has 0 saturated heterocycles. The van der Waals surface area contributed by atoms with E-state index >= 15 is 0 Å². The van der Waals surface area contributed by atoms with Crippen LogP contribution in [-0.4, -0.2) is 29.0 Å². The van der Waals surface area contributed by atoms with Crippen LogP contribution >= 0.6 is 0 Å². The third-order valence-corrected chi connectivity index (χ3v) is 5.21. The zero-order valence-corrected chi connectivity index (χ0v) is 12.6. The second kappa shape index (κ2) is 5.68. The number of anilines is 1. The SMILES string of the molecule is C=[As]c1ccc(NS(=O)(=O)c2ccc(F)cc2)cc1. The van der Waals surface area contributed by atoms with Crippen LogP contribution in [0.4, 0.5) is 10.1 Å². The fraction of sp³-hybridized carbons (Fsp3) is 0. The Labute approximate surface area is 117 Å². The number of benzene rings is 2.